The lowest BCUT2D eigenvalue weighted by Gasteiger charge is -2.61. The van der Waals surface area contributed by atoms with Crippen LogP contribution in [0.5, 0.6) is 0 Å². The minimum absolute atomic E-state index is 0.0644. The number of hydrogen-bond donors (Lipinski definition) is 1. The van der Waals surface area contributed by atoms with Crippen molar-refractivity contribution in [1.29, 1.82) is 0 Å². The van der Waals surface area contributed by atoms with Crippen LogP contribution in [0.25, 0.3) is 0 Å². The predicted molar refractivity (Wildman–Crippen MR) is 93.1 cm³/mol. The molecule has 4 aliphatic carbocycles. The van der Waals surface area contributed by atoms with Crippen molar-refractivity contribution < 1.29 is 23.9 Å². The number of aliphatic hydroxyl groups is 1. The number of hydrogen-bond acceptors (Lipinski definition) is 4. The zero-order valence-corrected chi connectivity index (χ0v) is 15.7. The first-order valence-corrected chi connectivity index (χ1v) is 9.70. The third kappa shape index (κ3) is 1.85. The van der Waals surface area contributed by atoms with Gasteiger partial charge in [0.15, 0.2) is 5.78 Å². The minimum atomic E-state index is -1.57. The van der Waals surface area contributed by atoms with Crippen LogP contribution >= 0.6 is 0 Å². The maximum atomic E-state index is 16.6. The van der Waals surface area contributed by atoms with E-state index in [0.717, 1.165) is 5.57 Å². The molecule has 4 nitrogen and oxygen atoms in total. The summed E-state index contributed by atoms with van der Waals surface area (Å²) in [6, 6.07) is 0. The van der Waals surface area contributed by atoms with Crippen molar-refractivity contribution in [2.75, 3.05) is 0 Å². The molecule has 0 bridgehead atoms. The van der Waals surface area contributed by atoms with Gasteiger partial charge in [-0.15, -0.1) is 0 Å². The summed E-state index contributed by atoms with van der Waals surface area (Å²) >= 11 is 0. The third-order valence-corrected chi connectivity index (χ3v) is 8.69. The second kappa shape index (κ2) is 5.12. The summed E-state index contributed by atoms with van der Waals surface area (Å²) in [6.07, 6.45) is 4.17. The molecule has 0 radical (unpaired) electrons. The highest BCUT2D eigenvalue weighted by Gasteiger charge is 2.71. The number of carbonyl (C=O) groups excluding carboxylic acids is 3. The Kier molecular flexibility index (Phi) is 3.55. The molecule has 0 spiro atoms. The average molecular weight is 362 g/mol. The molecule has 0 saturated heterocycles. The molecule has 0 aromatic rings. The fraction of sp³-hybridized carbons (Fsp3) is 0.762. The number of alkyl halides is 1. The van der Waals surface area contributed by atoms with Crippen LogP contribution in [0, 0.1) is 22.7 Å². The molecule has 26 heavy (non-hydrogen) atoms. The number of fused-ring (bicyclic) bond motifs is 5. The molecule has 3 saturated carbocycles. The molecule has 0 aromatic carbocycles. The van der Waals surface area contributed by atoms with Crippen molar-refractivity contribution in [3.63, 3.8) is 0 Å². The van der Waals surface area contributed by atoms with Gasteiger partial charge in [0.1, 0.15) is 11.3 Å². The van der Waals surface area contributed by atoms with Crippen LogP contribution < -0.4 is 0 Å². The maximum Gasteiger partial charge on any atom is 0.221 e. The van der Waals surface area contributed by atoms with E-state index in [1.165, 1.54) is 13.0 Å². The summed E-state index contributed by atoms with van der Waals surface area (Å²) in [4.78, 5) is 36.1. The Morgan fingerprint density at radius 1 is 1.15 bits per heavy atom. The van der Waals surface area contributed by atoms with Crippen LogP contribution in [0.2, 0.25) is 0 Å². The minimum Gasteiger partial charge on any atom is -0.382 e. The number of Topliss-reactive ketones (excluding diaryl/α,β-unsaturated/α-hetero) is 2. The summed E-state index contributed by atoms with van der Waals surface area (Å²) in [5.41, 5.74) is -3.75. The van der Waals surface area contributed by atoms with E-state index in [2.05, 4.69) is 0 Å². The highest BCUT2D eigenvalue weighted by molar-refractivity contribution is 6.42. The Bertz CT molecular complexity index is 757. The molecular weight excluding hydrogens is 335 g/mol. The van der Waals surface area contributed by atoms with Crippen molar-refractivity contribution in [3.8, 4) is 0 Å². The van der Waals surface area contributed by atoms with Gasteiger partial charge in [-0.1, -0.05) is 19.4 Å². The summed E-state index contributed by atoms with van der Waals surface area (Å²) in [6.45, 7) is 5.17. The molecule has 4 aliphatic rings. The second-order valence-corrected chi connectivity index (χ2v) is 9.45. The molecule has 0 amide bonds. The molecule has 0 unspecified atom stereocenters. The van der Waals surface area contributed by atoms with Crippen molar-refractivity contribution in [1.82, 2.24) is 0 Å². The van der Waals surface area contributed by atoms with Crippen molar-refractivity contribution >= 4 is 17.3 Å². The van der Waals surface area contributed by atoms with E-state index in [-0.39, 0.29) is 30.5 Å². The quantitative estimate of drug-likeness (QED) is 0.728. The summed E-state index contributed by atoms with van der Waals surface area (Å²) < 4.78 is 16.6. The normalized spacial score (nSPS) is 50.6. The van der Waals surface area contributed by atoms with Crippen molar-refractivity contribution in [2.24, 2.45) is 22.7 Å². The van der Waals surface area contributed by atoms with E-state index >= 15 is 4.39 Å². The van der Waals surface area contributed by atoms with E-state index in [1.807, 2.05) is 6.92 Å². The first-order chi connectivity index (χ1) is 12.0. The van der Waals surface area contributed by atoms with Gasteiger partial charge in [0, 0.05) is 17.3 Å². The van der Waals surface area contributed by atoms with Crippen LogP contribution in [0.1, 0.15) is 65.7 Å². The van der Waals surface area contributed by atoms with Gasteiger partial charge in [0.2, 0.25) is 11.6 Å². The zero-order chi connectivity index (χ0) is 19.1. The lowest BCUT2D eigenvalue weighted by atomic mass is 9.44. The van der Waals surface area contributed by atoms with Gasteiger partial charge in [-0.05, 0) is 63.4 Å². The topological polar surface area (TPSA) is 71.4 Å². The molecule has 142 valence electrons. The first kappa shape index (κ1) is 18.0. The van der Waals surface area contributed by atoms with E-state index in [9.17, 15) is 19.5 Å². The lowest BCUT2D eigenvalue weighted by Crippen LogP contribution is -2.64. The van der Waals surface area contributed by atoms with Crippen LogP contribution in [0.3, 0.4) is 0 Å². The Labute approximate surface area is 153 Å². The van der Waals surface area contributed by atoms with E-state index in [4.69, 9.17) is 0 Å². The molecule has 4 rings (SSSR count). The second-order valence-electron chi connectivity index (χ2n) is 9.45. The Morgan fingerprint density at radius 3 is 2.50 bits per heavy atom. The molecule has 1 N–H and O–H groups in total. The van der Waals surface area contributed by atoms with Crippen LogP contribution in [0.4, 0.5) is 4.39 Å². The number of rotatable bonds is 1. The number of halogens is 1. The molecule has 5 heteroatoms. The Balaban J connectivity index is 1.78. The molecule has 0 heterocycles. The Morgan fingerprint density at radius 2 is 1.85 bits per heavy atom. The van der Waals surface area contributed by atoms with E-state index in [0.29, 0.717) is 32.1 Å². The molecule has 6 atom stereocenters. The number of ketones is 3. The number of carbonyl (C=O) groups is 3. The van der Waals surface area contributed by atoms with Gasteiger partial charge >= 0.3 is 0 Å². The fourth-order valence-corrected chi connectivity index (χ4v) is 6.94. The first-order valence-electron chi connectivity index (χ1n) is 9.70. The van der Waals surface area contributed by atoms with E-state index in [1.54, 1.807) is 6.92 Å². The average Bonchev–Trinajstić information content (AvgIpc) is 2.84. The molecule has 3 fully saturated rings. The van der Waals surface area contributed by atoms with Crippen molar-refractivity contribution in [3.05, 3.63) is 11.6 Å². The Hall–Kier alpha value is -1.36. The smallest absolute Gasteiger partial charge is 0.221 e. The predicted octanol–water partition coefficient (Wildman–Crippen LogP) is 3.11. The van der Waals surface area contributed by atoms with Crippen molar-refractivity contribution in [2.45, 2.75) is 77.0 Å². The standard InChI is InChI=1S/C21H27FO4/c1-12(23)21(26)7-6-14-15-5-4-13-10-16(24)17(25)11-19(13,3)20(15,22)9-8-18(14,21)2/h10,14-15,26H,4-9,11H2,1-3H3/t14-,15-,18-,19-,20+,21-/m0/s1. The zero-order valence-electron chi connectivity index (χ0n) is 15.7. The highest BCUT2D eigenvalue weighted by Crippen LogP contribution is 2.70. The van der Waals surface area contributed by atoms with Crippen LogP contribution in [-0.4, -0.2) is 33.7 Å². The fourth-order valence-electron chi connectivity index (χ4n) is 6.94. The molecular formula is C21H27FO4. The highest BCUT2D eigenvalue weighted by atomic mass is 19.1. The van der Waals surface area contributed by atoms with Gasteiger partial charge in [-0.3, -0.25) is 14.4 Å². The molecule has 0 aliphatic heterocycles. The van der Waals surface area contributed by atoms with Gasteiger partial charge in [-0.25, -0.2) is 4.39 Å². The SMILES string of the molecule is CC(=O)[C@@]1(O)CC[C@H]2[C@@H]3CCC4=CC(=O)C(=O)C[C@]4(C)[C@@]3(F)CC[C@@]21C. The maximum absolute atomic E-state index is 16.6. The van der Waals surface area contributed by atoms with Gasteiger partial charge in [0.25, 0.3) is 0 Å². The summed E-state index contributed by atoms with van der Waals surface area (Å²) in [7, 11) is 0. The van der Waals surface area contributed by atoms with Crippen LogP contribution in [-0.2, 0) is 14.4 Å². The van der Waals surface area contributed by atoms with Gasteiger partial charge < -0.3 is 5.11 Å². The largest absolute Gasteiger partial charge is 0.382 e. The molecule has 0 aromatic heterocycles. The van der Waals surface area contributed by atoms with Crippen LogP contribution in [0.15, 0.2) is 11.6 Å². The monoisotopic (exact) mass is 362 g/mol. The van der Waals surface area contributed by atoms with Gasteiger partial charge in [0.05, 0.1) is 0 Å². The van der Waals surface area contributed by atoms with E-state index < -0.39 is 33.7 Å². The van der Waals surface area contributed by atoms with Gasteiger partial charge in [-0.2, -0.15) is 0 Å². The lowest BCUT2D eigenvalue weighted by molar-refractivity contribution is -0.182. The third-order valence-electron chi connectivity index (χ3n) is 8.69. The summed E-state index contributed by atoms with van der Waals surface area (Å²) in [5, 5.41) is 11.1. The summed E-state index contributed by atoms with van der Waals surface area (Å²) in [5.74, 6) is -1.62. The number of allylic oxidation sites excluding steroid dienone is 1.